The van der Waals surface area contributed by atoms with Gasteiger partial charge in [-0.25, -0.2) is 13.1 Å². The molecule has 0 spiro atoms. The smallest absolute Gasteiger partial charge is 0.208 e. The molecule has 1 heterocycles. The lowest BCUT2D eigenvalue weighted by Crippen LogP contribution is -2.41. The molecule has 1 atom stereocenters. The third kappa shape index (κ3) is 8.23. The summed E-state index contributed by atoms with van der Waals surface area (Å²) in [5, 5.41) is 3.26. The number of sulfonamides is 1. The molecule has 7 nitrogen and oxygen atoms in total. The van der Waals surface area contributed by atoms with Gasteiger partial charge in [0, 0.05) is 45.8 Å². The molecule has 0 aromatic rings. The Bertz CT molecular complexity index is 419. The van der Waals surface area contributed by atoms with Crippen LogP contribution in [-0.4, -0.2) is 72.0 Å². The maximum Gasteiger partial charge on any atom is 0.208 e. The summed E-state index contributed by atoms with van der Waals surface area (Å²) in [6.07, 6.45) is 2.95. The van der Waals surface area contributed by atoms with Crippen LogP contribution in [0.15, 0.2) is 4.99 Å². The molecule has 0 saturated carbocycles. The maximum absolute atomic E-state index is 11.0. The van der Waals surface area contributed by atoms with Crippen LogP contribution in [0.5, 0.6) is 0 Å². The summed E-state index contributed by atoms with van der Waals surface area (Å²) in [4.78, 5) is 6.65. The largest absolute Gasteiger partial charge is 0.381 e. The summed E-state index contributed by atoms with van der Waals surface area (Å²) in [5.74, 6) is 1.43. The molecular formula is C13H28N4O3S. The fraction of sp³-hybridized carbons (Fsp3) is 0.923. The van der Waals surface area contributed by atoms with Gasteiger partial charge in [0.1, 0.15) is 0 Å². The van der Waals surface area contributed by atoms with Gasteiger partial charge in [-0.05, 0) is 19.8 Å². The summed E-state index contributed by atoms with van der Waals surface area (Å²) < 4.78 is 29.8. The number of guanidine groups is 1. The van der Waals surface area contributed by atoms with Gasteiger partial charge < -0.3 is 15.0 Å². The van der Waals surface area contributed by atoms with E-state index in [9.17, 15) is 8.42 Å². The van der Waals surface area contributed by atoms with E-state index in [1.54, 1.807) is 0 Å². The molecular weight excluding hydrogens is 292 g/mol. The van der Waals surface area contributed by atoms with Crippen molar-refractivity contribution in [2.45, 2.75) is 19.8 Å². The Balaban J connectivity index is 2.37. The van der Waals surface area contributed by atoms with Gasteiger partial charge >= 0.3 is 0 Å². The van der Waals surface area contributed by atoms with Crippen LogP contribution in [0.25, 0.3) is 0 Å². The van der Waals surface area contributed by atoms with E-state index in [2.05, 4.69) is 19.9 Å². The minimum Gasteiger partial charge on any atom is -0.381 e. The molecule has 1 unspecified atom stereocenters. The normalized spacial score (nSPS) is 19.8. The molecule has 0 amide bonds. The van der Waals surface area contributed by atoms with E-state index >= 15 is 0 Å². The number of ether oxygens (including phenoxy) is 1. The summed E-state index contributed by atoms with van der Waals surface area (Å²) in [7, 11) is -1.08. The number of nitrogens with zero attached hydrogens (tertiary/aromatic N) is 2. The van der Waals surface area contributed by atoms with E-state index in [0.717, 1.165) is 44.9 Å². The minimum atomic E-state index is -3.11. The lowest BCUT2D eigenvalue weighted by Gasteiger charge is -2.24. The lowest BCUT2D eigenvalue weighted by atomic mass is 10.1. The van der Waals surface area contributed by atoms with Crippen LogP contribution >= 0.6 is 0 Å². The second-order valence-corrected chi connectivity index (χ2v) is 7.20. The van der Waals surface area contributed by atoms with Crippen molar-refractivity contribution in [2.75, 3.05) is 52.7 Å². The molecule has 1 fully saturated rings. The van der Waals surface area contributed by atoms with Crippen LogP contribution in [0, 0.1) is 5.92 Å². The van der Waals surface area contributed by atoms with Crippen molar-refractivity contribution < 1.29 is 13.2 Å². The zero-order chi connectivity index (χ0) is 15.7. The molecule has 124 valence electrons. The molecule has 1 rings (SSSR count). The maximum atomic E-state index is 11.0. The van der Waals surface area contributed by atoms with Gasteiger partial charge in [0.05, 0.1) is 12.9 Å². The molecule has 8 heteroatoms. The van der Waals surface area contributed by atoms with Crippen molar-refractivity contribution in [3.8, 4) is 0 Å². The van der Waals surface area contributed by atoms with Gasteiger partial charge in [0.15, 0.2) is 5.96 Å². The van der Waals surface area contributed by atoms with Gasteiger partial charge in [-0.2, -0.15) is 0 Å². The molecule has 1 aliphatic rings. The third-order valence-corrected chi connectivity index (χ3v) is 3.94. The number of aliphatic imine (C=N–C) groups is 1. The molecule has 0 aromatic carbocycles. The van der Waals surface area contributed by atoms with E-state index < -0.39 is 10.0 Å². The molecule has 21 heavy (non-hydrogen) atoms. The van der Waals surface area contributed by atoms with Crippen LogP contribution in [0.3, 0.4) is 0 Å². The van der Waals surface area contributed by atoms with Crippen molar-refractivity contribution in [1.29, 1.82) is 0 Å². The van der Waals surface area contributed by atoms with Crippen LogP contribution in [0.2, 0.25) is 0 Å². The van der Waals surface area contributed by atoms with Crippen molar-refractivity contribution in [3.05, 3.63) is 0 Å². The zero-order valence-corrected chi connectivity index (χ0v) is 14.1. The van der Waals surface area contributed by atoms with Crippen LogP contribution in [0.4, 0.5) is 0 Å². The van der Waals surface area contributed by atoms with E-state index in [1.165, 1.54) is 0 Å². The zero-order valence-electron chi connectivity index (χ0n) is 13.3. The second kappa shape index (κ2) is 9.22. The first-order valence-electron chi connectivity index (χ1n) is 7.44. The van der Waals surface area contributed by atoms with E-state index in [1.807, 2.05) is 14.0 Å². The second-order valence-electron chi connectivity index (χ2n) is 5.37. The number of hydrogen-bond donors (Lipinski definition) is 2. The predicted octanol–water partition coefficient (Wildman–Crippen LogP) is -0.140. The minimum absolute atomic E-state index is 0.419. The monoisotopic (exact) mass is 320 g/mol. The fourth-order valence-corrected chi connectivity index (χ4v) is 2.71. The van der Waals surface area contributed by atoms with Crippen molar-refractivity contribution in [3.63, 3.8) is 0 Å². The topological polar surface area (TPSA) is 83.0 Å². The number of hydrogen-bond acceptors (Lipinski definition) is 4. The number of rotatable bonds is 8. The van der Waals surface area contributed by atoms with E-state index in [4.69, 9.17) is 4.74 Å². The average molecular weight is 320 g/mol. The average Bonchev–Trinajstić information content (AvgIpc) is 2.88. The molecule has 0 bridgehead atoms. The van der Waals surface area contributed by atoms with Crippen LogP contribution < -0.4 is 10.0 Å². The first kappa shape index (κ1) is 18.2. The highest BCUT2D eigenvalue weighted by atomic mass is 32.2. The predicted molar refractivity (Wildman–Crippen MR) is 85.0 cm³/mol. The first-order valence-corrected chi connectivity index (χ1v) is 9.33. The summed E-state index contributed by atoms with van der Waals surface area (Å²) in [6, 6.07) is 0. The van der Waals surface area contributed by atoms with Crippen LogP contribution in [0.1, 0.15) is 19.8 Å². The van der Waals surface area contributed by atoms with Gasteiger partial charge in [0.25, 0.3) is 0 Å². The van der Waals surface area contributed by atoms with Gasteiger partial charge in [0.2, 0.25) is 10.0 Å². The Labute approximate surface area is 128 Å². The molecule has 2 N–H and O–H groups in total. The van der Waals surface area contributed by atoms with Crippen molar-refractivity contribution in [1.82, 2.24) is 14.9 Å². The summed E-state index contributed by atoms with van der Waals surface area (Å²) in [5.41, 5.74) is 0. The quantitative estimate of drug-likeness (QED) is 0.369. The standard InChI is InChI=1S/C13H28N4O3S/c1-4-14-13(15-7-5-8-16-21(3,18)19)17(2)10-12-6-9-20-11-12/h12,16H,4-11H2,1-3H3,(H,14,15). The highest BCUT2D eigenvalue weighted by Crippen LogP contribution is 2.13. The summed E-state index contributed by atoms with van der Waals surface area (Å²) >= 11 is 0. The molecule has 1 aliphatic heterocycles. The van der Waals surface area contributed by atoms with Gasteiger partial charge in [-0.15, -0.1) is 0 Å². The molecule has 0 aliphatic carbocycles. The Morgan fingerprint density at radius 3 is 2.81 bits per heavy atom. The highest BCUT2D eigenvalue weighted by Gasteiger charge is 2.18. The SMILES string of the molecule is CCNC(=NCCCNS(C)(=O)=O)N(C)CC1CCOC1. The lowest BCUT2D eigenvalue weighted by molar-refractivity contribution is 0.181. The molecule has 0 radical (unpaired) electrons. The van der Waals surface area contributed by atoms with Gasteiger partial charge in [-0.1, -0.05) is 0 Å². The number of nitrogens with one attached hydrogen (secondary N) is 2. The van der Waals surface area contributed by atoms with Crippen molar-refractivity contribution in [2.24, 2.45) is 10.9 Å². The third-order valence-electron chi connectivity index (χ3n) is 3.21. The van der Waals surface area contributed by atoms with E-state index in [-0.39, 0.29) is 0 Å². The van der Waals surface area contributed by atoms with Crippen LogP contribution in [-0.2, 0) is 14.8 Å². The Morgan fingerprint density at radius 1 is 1.48 bits per heavy atom. The summed E-state index contributed by atoms with van der Waals surface area (Å²) in [6.45, 7) is 6.45. The Morgan fingerprint density at radius 2 is 2.24 bits per heavy atom. The first-order chi connectivity index (χ1) is 9.92. The Kier molecular flexibility index (Phi) is 7.98. The van der Waals surface area contributed by atoms with Gasteiger partial charge in [-0.3, -0.25) is 4.99 Å². The fourth-order valence-electron chi connectivity index (χ4n) is 2.19. The molecule has 1 saturated heterocycles. The van der Waals surface area contributed by atoms with Crippen molar-refractivity contribution >= 4 is 16.0 Å². The molecule has 0 aromatic heterocycles. The Hall–Kier alpha value is -0.860. The highest BCUT2D eigenvalue weighted by molar-refractivity contribution is 7.88. The van der Waals surface area contributed by atoms with E-state index in [0.29, 0.717) is 25.4 Å².